The molecule has 2 aromatic rings. The molecule has 29 heteroatoms. The van der Waals surface area contributed by atoms with E-state index in [1.165, 1.54) is 13.8 Å². The van der Waals surface area contributed by atoms with E-state index in [9.17, 15) is 48.6 Å². The predicted octanol–water partition coefficient (Wildman–Crippen LogP) is -1.74. The van der Waals surface area contributed by atoms with E-state index in [1.807, 2.05) is 0 Å². The van der Waals surface area contributed by atoms with Crippen molar-refractivity contribution in [2.45, 2.75) is 87.7 Å². The zero-order chi connectivity index (χ0) is 51.1. The molecule has 0 aliphatic carbocycles. The second-order valence-corrected chi connectivity index (χ2v) is 15.1. The molecule has 10 atom stereocenters. The molecule has 0 bridgehead atoms. The molecule has 0 unspecified atom stereocenters. The topological polar surface area (TPSA) is 428 Å². The minimum Gasteiger partial charge on any atom is -0.477 e. The van der Waals surface area contributed by atoms with Gasteiger partial charge < -0.3 is 92.3 Å². The number of hydrogen-bond donors (Lipinski definition) is 10. The van der Waals surface area contributed by atoms with Crippen LogP contribution in [0.25, 0.3) is 0 Å². The van der Waals surface area contributed by atoms with Crippen LogP contribution in [0.4, 0.5) is 19.2 Å². The molecule has 14 N–H and O–H groups in total. The van der Waals surface area contributed by atoms with E-state index in [0.717, 1.165) is 23.3 Å². The molecule has 4 aliphatic heterocycles. The van der Waals surface area contributed by atoms with E-state index in [0.29, 0.717) is 0 Å². The number of aliphatic imine (C=N–C) groups is 2. The molecule has 4 aliphatic rings. The van der Waals surface area contributed by atoms with Gasteiger partial charge in [0.15, 0.2) is 48.5 Å². The molecule has 2 fully saturated rings. The summed E-state index contributed by atoms with van der Waals surface area (Å²) < 4.78 is 42.0. The number of hydrogen-bond acceptors (Lipinski definition) is 18. The molecule has 0 spiro atoms. The Bertz CT molecular complexity index is 2220. The normalized spacial score (nSPS) is 23.6. The number of cyclic esters (lactones) is 4. The van der Waals surface area contributed by atoms with Crippen molar-refractivity contribution in [2.24, 2.45) is 32.9 Å². The molecule has 4 amide bonds. The van der Waals surface area contributed by atoms with Crippen molar-refractivity contribution < 1.29 is 119 Å². The zero-order valence-electron chi connectivity index (χ0n) is 37.6. The van der Waals surface area contributed by atoms with Crippen molar-refractivity contribution in [3.8, 4) is 0 Å². The van der Waals surface area contributed by atoms with Gasteiger partial charge in [-0.3, -0.25) is 9.59 Å². The fraction of sp³-hybridized carbons (Fsp3) is 0.381. The molecular weight excluding hydrogens is 1020 g/mol. The number of nitrogens with one attached hydrogen (secondary N) is 4. The van der Waals surface area contributed by atoms with Crippen LogP contribution >= 0.6 is 0 Å². The predicted molar refractivity (Wildman–Crippen MR) is 233 cm³/mol. The summed E-state index contributed by atoms with van der Waals surface area (Å²) in [4.78, 5) is 104. The third kappa shape index (κ3) is 16.7. The number of carboxylic acids is 2. The molecular formula is C42H48N10O18Y-2. The van der Waals surface area contributed by atoms with E-state index in [2.05, 4.69) is 43.4 Å². The smallest absolute Gasteiger partial charge is 0.477 e. The SMILES string of the molecule is CC(=O)N[C@H]1[C@H]([C@H](OC(=O)NCc2cc[c-]cc2)[C@H]2COC(=O)O2)OC(C(=O)O)=C[C@@H]1N=C(N)N.CC(=O)N[C@H]1[C@H]([C@H](OC(=O)NCc2cc[c-]cc2)[C@H]2COC(=O)O2)OC(C(=O)O)=C[C@@H]1N=C(N)N.[Y]. The van der Waals surface area contributed by atoms with Gasteiger partial charge in [0.05, 0.1) is 24.2 Å². The van der Waals surface area contributed by atoms with Gasteiger partial charge in [0.25, 0.3) is 0 Å². The summed E-state index contributed by atoms with van der Waals surface area (Å²) >= 11 is 0. The fourth-order valence-corrected chi connectivity index (χ4v) is 7.07. The van der Waals surface area contributed by atoms with Crippen LogP contribution in [0.2, 0.25) is 0 Å². The third-order valence-corrected chi connectivity index (χ3v) is 9.91. The van der Waals surface area contributed by atoms with Crippen molar-refractivity contribution >= 4 is 60.2 Å². The van der Waals surface area contributed by atoms with Gasteiger partial charge >= 0.3 is 36.4 Å². The number of carbonyl (C=O) groups excluding carboxylic acids is 6. The largest absolute Gasteiger partial charge is 0.508 e. The van der Waals surface area contributed by atoms with E-state index in [-0.39, 0.29) is 59.0 Å². The molecule has 28 nitrogen and oxygen atoms in total. The van der Waals surface area contributed by atoms with Crippen LogP contribution in [0.1, 0.15) is 25.0 Å². The number of rotatable bonds is 16. The second kappa shape index (κ2) is 26.2. The van der Waals surface area contributed by atoms with Crippen molar-refractivity contribution in [3.05, 3.63) is 95.5 Å². The monoisotopic (exact) mass is 1070 g/mol. The summed E-state index contributed by atoms with van der Waals surface area (Å²) in [5, 5.41) is 29.3. The quantitative estimate of drug-likeness (QED) is 0.0293. The summed E-state index contributed by atoms with van der Waals surface area (Å²) in [6.45, 7) is 1.96. The van der Waals surface area contributed by atoms with Gasteiger partial charge in [0, 0.05) is 59.6 Å². The third-order valence-electron chi connectivity index (χ3n) is 9.91. The molecule has 0 aromatic heterocycles. The maximum atomic E-state index is 12.6. The van der Waals surface area contributed by atoms with Crippen molar-refractivity contribution in [1.82, 2.24) is 21.3 Å². The van der Waals surface area contributed by atoms with Crippen LogP contribution < -0.4 is 44.2 Å². The summed E-state index contributed by atoms with van der Waals surface area (Å²) in [7, 11) is 0. The second-order valence-electron chi connectivity index (χ2n) is 15.1. The number of guanidine groups is 2. The maximum Gasteiger partial charge on any atom is 0.508 e. The van der Waals surface area contributed by atoms with Crippen LogP contribution in [-0.2, 0) is 103 Å². The Morgan fingerprint density at radius 2 is 1.00 bits per heavy atom. The minimum atomic E-state index is -1.46. The molecule has 2 aromatic carbocycles. The molecule has 379 valence electrons. The molecule has 4 heterocycles. The molecule has 1 radical (unpaired) electrons. The molecule has 0 saturated carbocycles. The van der Waals surface area contributed by atoms with Gasteiger partial charge in [0.2, 0.25) is 23.3 Å². The van der Waals surface area contributed by atoms with Gasteiger partial charge in [-0.2, -0.15) is 60.7 Å². The first-order valence-electron chi connectivity index (χ1n) is 20.7. The number of nitrogens with zero attached hydrogens (tertiary/aromatic N) is 2. The number of carbonyl (C=O) groups is 8. The Morgan fingerprint density at radius 1 is 0.648 bits per heavy atom. The average Bonchev–Trinajstić information content (AvgIpc) is 3.94. The van der Waals surface area contributed by atoms with Gasteiger partial charge in [0.1, 0.15) is 13.2 Å². The number of carboxylic acid groups (broad SMARTS) is 2. The van der Waals surface area contributed by atoms with E-state index in [4.69, 9.17) is 60.8 Å². The van der Waals surface area contributed by atoms with Crippen molar-refractivity contribution in [3.63, 3.8) is 0 Å². The number of ether oxygens (including phenoxy) is 8. The Kier molecular flexibility index (Phi) is 20.6. The number of amides is 4. The van der Waals surface area contributed by atoms with E-state index in [1.54, 1.807) is 48.5 Å². The maximum absolute atomic E-state index is 12.6. The van der Waals surface area contributed by atoms with Crippen molar-refractivity contribution in [2.75, 3.05) is 13.2 Å². The Balaban J connectivity index is 0.000000304. The first kappa shape index (κ1) is 55.7. The van der Waals surface area contributed by atoms with Gasteiger partial charge in [-0.15, -0.1) is 11.1 Å². The average molecular weight is 1070 g/mol. The molecule has 2 saturated heterocycles. The van der Waals surface area contributed by atoms with Gasteiger partial charge in [-0.25, -0.2) is 38.8 Å². The standard InChI is InChI=1S/2C21H24N5O9.Y/c2*1-10(27)25-15-12(26-19(22)23)7-13(18(28)29)33-17(15)16(14-9-32-21(31)34-14)35-20(30)24-8-11-5-3-2-4-6-11;/h2*3-7,12,14-17H,8-9H2,1H3,(H,24,30)(H,25,27)(H,28,29)(H4,22,23,26);/q2*-1;/t2*12-,14+,15+,16+,17+;/m00./s1. The van der Waals surface area contributed by atoms with Crippen LogP contribution in [0.15, 0.2) is 82.2 Å². The molecule has 71 heavy (non-hydrogen) atoms. The fourth-order valence-electron chi connectivity index (χ4n) is 7.07. The van der Waals surface area contributed by atoms with Crippen LogP contribution in [0, 0.1) is 12.1 Å². The number of nitrogens with two attached hydrogens (primary N) is 4. The van der Waals surface area contributed by atoms with E-state index < -0.39 is 132 Å². The number of alkyl carbamates (subject to hydrolysis) is 2. The van der Waals surface area contributed by atoms with Gasteiger partial charge in [-0.1, -0.05) is 0 Å². The van der Waals surface area contributed by atoms with Crippen LogP contribution in [-0.4, -0.2) is 144 Å². The van der Waals surface area contributed by atoms with Crippen LogP contribution in [0.3, 0.4) is 0 Å². The Hall–Kier alpha value is -7.88. The molecule has 6 rings (SSSR count). The summed E-state index contributed by atoms with van der Waals surface area (Å²) in [5.41, 5.74) is 23.4. The number of aliphatic carboxylic acids is 2. The van der Waals surface area contributed by atoms with E-state index >= 15 is 0 Å². The van der Waals surface area contributed by atoms with Crippen molar-refractivity contribution in [1.29, 1.82) is 0 Å². The Morgan fingerprint density at radius 3 is 1.28 bits per heavy atom. The van der Waals surface area contributed by atoms with Crippen LogP contribution in [0.5, 0.6) is 0 Å². The Labute approximate surface area is 428 Å². The summed E-state index contributed by atoms with van der Waals surface area (Å²) in [6.07, 6.45) is -9.72. The zero-order valence-corrected chi connectivity index (χ0v) is 40.4. The first-order valence-corrected chi connectivity index (χ1v) is 20.7. The number of benzene rings is 2. The van der Waals surface area contributed by atoms with Gasteiger partial charge in [-0.05, 0) is 12.2 Å². The minimum absolute atomic E-state index is 0. The summed E-state index contributed by atoms with van der Waals surface area (Å²) in [6, 6.07) is 14.8. The first-order chi connectivity index (χ1) is 33.3. The summed E-state index contributed by atoms with van der Waals surface area (Å²) in [5.74, 6) is -5.90.